The number of fused-ring (bicyclic) bond motifs is 1. The Hall–Kier alpha value is -2.45. The van der Waals surface area contributed by atoms with Crippen LogP contribution in [0.4, 0.5) is 0 Å². The fourth-order valence-corrected chi connectivity index (χ4v) is 4.10. The van der Waals surface area contributed by atoms with Crippen LogP contribution in [0.25, 0.3) is 10.2 Å². The molecule has 0 saturated heterocycles. The lowest BCUT2D eigenvalue weighted by Gasteiger charge is -2.21. The van der Waals surface area contributed by atoms with Gasteiger partial charge in [-0.2, -0.15) is 0 Å². The van der Waals surface area contributed by atoms with Crippen molar-refractivity contribution in [1.82, 2.24) is 14.9 Å². The van der Waals surface area contributed by atoms with Crippen LogP contribution in [0, 0.1) is 0 Å². The molecular weight excluding hydrogens is 382 g/mol. The number of thiophene rings is 1. The summed E-state index contributed by atoms with van der Waals surface area (Å²) in [5, 5.41) is 3.59. The largest absolute Gasteiger partial charge is 0.452 e. The molecule has 0 saturated carbocycles. The Morgan fingerprint density at radius 3 is 2.78 bits per heavy atom. The summed E-state index contributed by atoms with van der Waals surface area (Å²) in [6.45, 7) is 2.06. The third-order valence-electron chi connectivity index (χ3n) is 3.85. The zero-order valence-corrected chi connectivity index (χ0v) is 16.6. The van der Waals surface area contributed by atoms with Crippen molar-refractivity contribution in [1.29, 1.82) is 0 Å². The number of hydrogen-bond acceptors (Lipinski definition) is 7. The number of carbonyl (C=O) groups is 2. The molecule has 1 aromatic carbocycles. The third kappa shape index (κ3) is 5.05. The molecule has 2 heterocycles. The molecular formula is C19H19N3O3S2. The van der Waals surface area contributed by atoms with E-state index in [4.69, 9.17) is 4.74 Å². The van der Waals surface area contributed by atoms with Crippen molar-refractivity contribution < 1.29 is 14.3 Å². The monoisotopic (exact) mass is 401 g/mol. The highest BCUT2D eigenvalue weighted by atomic mass is 32.2. The van der Waals surface area contributed by atoms with Gasteiger partial charge >= 0.3 is 5.97 Å². The number of nitrogens with zero attached hydrogens (tertiary/aromatic N) is 3. The smallest absolute Gasteiger partial charge is 0.317 e. The Morgan fingerprint density at radius 1 is 1.22 bits per heavy atom. The van der Waals surface area contributed by atoms with E-state index in [-0.39, 0.29) is 11.7 Å². The van der Waals surface area contributed by atoms with Gasteiger partial charge in [-0.05, 0) is 23.9 Å². The zero-order chi connectivity index (χ0) is 19.2. The molecule has 0 aliphatic rings. The van der Waals surface area contributed by atoms with Gasteiger partial charge in [0, 0.05) is 19.0 Å². The molecule has 0 fully saturated rings. The van der Waals surface area contributed by atoms with Crippen LogP contribution in [-0.4, -0.2) is 45.6 Å². The highest BCUT2D eigenvalue weighted by Crippen LogP contribution is 2.27. The second-order valence-corrected chi connectivity index (χ2v) is 7.78. The van der Waals surface area contributed by atoms with Crippen LogP contribution in [-0.2, 0) is 20.9 Å². The first-order chi connectivity index (χ1) is 13.0. The number of rotatable bonds is 7. The van der Waals surface area contributed by atoms with Crippen LogP contribution in [0.5, 0.6) is 0 Å². The molecule has 1 atom stereocenters. The van der Waals surface area contributed by atoms with Gasteiger partial charge in [0.05, 0.1) is 5.75 Å². The predicted molar refractivity (Wildman–Crippen MR) is 107 cm³/mol. The van der Waals surface area contributed by atoms with Gasteiger partial charge in [0.2, 0.25) is 0 Å². The van der Waals surface area contributed by atoms with Crippen molar-refractivity contribution in [2.24, 2.45) is 0 Å². The molecule has 3 rings (SSSR count). The van der Waals surface area contributed by atoms with Gasteiger partial charge in [-0.3, -0.25) is 9.59 Å². The molecule has 0 aliphatic carbocycles. The molecule has 8 heteroatoms. The first-order valence-electron chi connectivity index (χ1n) is 8.34. The van der Waals surface area contributed by atoms with Gasteiger partial charge in [0.1, 0.15) is 16.2 Å². The number of carbonyl (C=O) groups excluding carboxylic acids is 2. The molecule has 0 spiro atoms. The highest BCUT2D eigenvalue weighted by molar-refractivity contribution is 8.00. The number of esters is 1. The molecule has 3 aromatic rings. The number of ether oxygens (including phenoxy) is 1. The number of benzene rings is 1. The van der Waals surface area contributed by atoms with Crippen molar-refractivity contribution in [3.05, 3.63) is 53.7 Å². The molecule has 2 aromatic heterocycles. The maximum Gasteiger partial charge on any atom is 0.317 e. The Kier molecular flexibility index (Phi) is 6.41. The molecule has 0 radical (unpaired) electrons. The van der Waals surface area contributed by atoms with Gasteiger partial charge in [-0.15, -0.1) is 11.3 Å². The molecule has 140 valence electrons. The van der Waals surface area contributed by atoms with Gasteiger partial charge in [-0.25, -0.2) is 9.97 Å². The Balaban J connectivity index is 1.51. The molecule has 0 unspecified atom stereocenters. The summed E-state index contributed by atoms with van der Waals surface area (Å²) >= 11 is 2.81. The van der Waals surface area contributed by atoms with Crippen molar-refractivity contribution >= 4 is 45.2 Å². The molecule has 0 aliphatic heterocycles. The minimum atomic E-state index is -0.835. The molecule has 0 bridgehead atoms. The molecule has 0 N–H and O–H groups in total. The summed E-state index contributed by atoms with van der Waals surface area (Å²) in [6, 6.07) is 11.6. The van der Waals surface area contributed by atoms with Crippen LogP contribution in [0.3, 0.4) is 0 Å². The summed E-state index contributed by atoms with van der Waals surface area (Å²) < 4.78 is 5.29. The minimum Gasteiger partial charge on any atom is -0.452 e. The first-order valence-corrected chi connectivity index (χ1v) is 10.2. The highest BCUT2D eigenvalue weighted by Gasteiger charge is 2.22. The average Bonchev–Trinajstić information content (AvgIpc) is 3.15. The Labute approximate surface area is 165 Å². The number of amides is 1. The number of thioether (sulfide) groups is 1. The van der Waals surface area contributed by atoms with Crippen LogP contribution >= 0.6 is 23.1 Å². The predicted octanol–water partition coefficient (Wildman–Crippen LogP) is 3.37. The van der Waals surface area contributed by atoms with E-state index < -0.39 is 12.1 Å². The van der Waals surface area contributed by atoms with Crippen molar-refractivity contribution in [2.75, 3.05) is 12.8 Å². The Morgan fingerprint density at radius 2 is 2.00 bits per heavy atom. The van der Waals surface area contributed by atoms with E-state index in [0.29, 0.717) is 6.54 Å². The number of hydrogen-bond donors (Lipinski definition) is 0. The zero-order valence-electron chi connectivity index (χ0n) is 15.0. The second kappa shape index (κ2) is 8.96. The van der Waals surface area contributed by atoms with Crippen molar-refractivity contribution in [2.45, 2.75) is 24.6 Å². The van der Waals surface area contributed by atoms with E-state index in [1.807, 2.05) is 41.8 Å². The lowest BCUT2D eigenvalue weighted by molar-refractivity contribution is -0.156. The quantitative estimate of drug-likeness (QED) is 0.343. The molecule has 27 heavy (non-hydrogen) atoms. The Bertz CT molecular complexity index is 930. The maximum atomic E-state index is 12.4. The normalized spacial score (nSPS) is 11.9. The van der Waals surface area contributed by atoms with Gasteiger partial charge < -0.3 is 9.64 Å². The van der Waals surface area contributed by atoms with Crippen LogP contribution < -0.4 is 0 Å². The summed E-state index contributed by atoms with van der Waals surface area (Å²) in [5.41, 5.74) is 1.02. The fraction of sp³-hybridized carbons (Fsp3) is 0.263. The van der Waals surface area contributed by atoms with Gasteiger partial charge in [0.15, 0.2) is 6.10 Å². The van der Waals surface area contributed by atoms with Gasteiger partial charge in [0.25, 0.3) is 5.91 Å². The third-order valence-corrected chi connectivity index (χ3v) is 5.65. The van der Waals surface area contributed by atoms with E-state index in [1.165, 1.54) is 29.4 Å². The van der Waals surface area contributed by atoms with E-state index in [2.05, 4.69) is 9.97 Å². The van der Waals surface area contributed by atoms with Crippen molar-refractivity contribution in [3.63, 3.8) is 0 Å². The van der Waals surface area contributed by atoms with E-state index in [9.17, 15) is 9.59 Å². The second-order valence-electron chi connectivity index (χ2n) is 5.92. The lowest BCUT2D eigenvalue weighted by Crippen LogP contribution is -2.37. The number of likely N-dealkylation sites (N-methyl/N-ethyl adjacent to an activating group) is 1. The standard InChI is InChI=1S/C19H19N3O3S2/c1-13(19(24)22(2)10-14-6-4-3-5-7-14)25-16(23)11-27-18-15-8-9-26-17(15)20-12-21-18/h3-9,12-13H,10-11H2,1-2H3/t13-/m0/s1. The topological polar surface area (TPSA) is 72.4 Å². The summed E-state index contributed by atoms with van der Waals surface area (Å²) in [5.74, 6) is -0.600. The maximum absolute atomic E-state index is 12.4. The average molecular weight is 402 g/mol. The summed E-state index contributed by atoms with van der Waals surface area (Å²) in [6.07, 6.45) is 0.648. The summed E-state index contributed by atoms with van der Waals surface area (Å²) in [7, 11) is 1.70. The van der Waals surface area contributed by atoms with Gasteiger partial charge in [-0.1, -0.05) is 42.1 Å². The van der Waals surface area contributed by atoms with E-state index >= 15 is 0 Å². The first kappa shape index (κ1) is 19.3. The van der Waals surface area contributed by atoms with E-state index in [0.717, 1.165) is 20.8 Å². The molecule has 6 nitrogen and oxygen atoms in total. The van der Waals surface area contributed by atoms with Crippen LogP contribution in [0.2, 0.25) is 0 Å². The van der Waals surface area contributed by atoms with E-state index in [1.54, 1.807) is 18.9 Å². The molecule has 1 amide bonds. The minimum absolute atomic E-state index is 0.0853. The van der Waals surface area contributed by atoms with Crippen LogP contribution in [0.15, 0.2) is 53.1 Å². The van der Waals surface area contributed by atoms with Crippen molar-refractivity contribution in [3.8, 4) is 0 Å². The fourth-order valence-electron chi connectivity index (χ4n) is 2.54. The summed E-state index contributed by atoms with van der Waals surface area (Å²) in [4.78, 5) is 35.4. The number of aromatic nitrogens is 2. The SMILES string of the molecule is C[C@H](OC(=O)CSc1ncnc2sccc12)C(=O)N(C)Cc1ccccc1. The van der Waals surface area contributed by atoms with Crippen LogP contribution in [0.1, 0.15) is 12.5 Å². The lowest BCUT2D eigenvalue weighted by atomic mass is 10.2.